The zero-order chi connectivity index (χ0) is 23.4. The molecule has 0 unspecified atom stereocenters. The predicted molar refractivity (Wildman–Crippen MR) is 123 cm³/mol. The van der Waals surface area contributed by atoms with Crippen molar-refractivity contribution in [2.75, 3.05) is 26.7 Å². The number of rotatable bonds is 7. The number of aromatic nitrogens is 2. The van der Waals surface area contributed by atoms with Crippen molar-refractivity contribution in [3.63, 3.8) is 0 Å². The highest BCUT2D eigenvalue weighted by molar-refractivity contribution is 5.92. The molecule has 1 aliphatic rings. The molecule has 1 fully saturated rings. The molecule has 3 aromatic rings. The third kappa shape index (κ3) is 4.96. The zero-order valence-corrected chi connectivity index (χ0v) is 18.8. The number of carbonyl (C=O) groups excluding carboxylic acids is 1. The van der Waals surface area contributed by atoms with Crippen LogP contribution in [0.15, 0.2) is 59.4 Å². The Hall–Kier alpha value is -3.52. The summed E-state index contributed by atoms with van der Waals surface area (Å²) in [6, 6.07) is 15.1. The summed E-state index contributed by atoms with van der Waals surface area (Å²) in [6.45, 7) is 3.85. The van der Waals surface area contributed by atoms with Crippen LogP contribution in [0, 0.1) is 12.7 Å². The summed E-state index contributed by atoms with van der Waals surface area (Å²) in [5.74, 6) is -0.306. The van der Waals surface area contributed by atoms with E-state index in [0.29, 0.717) is 12.2 Å². The van der Waals surface area contributed by atoms with E-state index in [0.717, 1.165) is 37.2 Å². The number of aryl methyl sites for hydroxylation is 1. The van der Waals surface area contributed by atoms with Gasteiger partial charge in [-0.25, -0.2) is 9.07 Å². The largest absolute Gasteiger partial charge is 0.497 e. The van der Waals surface area contributed by atoms with Gasteiger partial charge in [0.25, 0.3) is 5.91 Å². The third-order valence-electron chi connectivity index (χ3n) is 5.94. The van der Waals surface area contributed by atoms with Crippen LogP contribution >= 0.6 is 0 Å². The maximum absolute atomic E-state index is 14.3. The Morgan fingerprint density at radius 1 is 1.15 bits per heavy atom. The average molecular weight is 451 g/mol. The van der Waals surface area contributed by atoms with Gasteiger partial charge in [-0.15, -0.1) is 0 Å². The first kappa shape index (κ1) is 22.7. The normalized spacial score (nSPS) is 14.8. The van der Waals surface area contributed by atoms with Gasteiger partial charge in [0.05, 0.1) is 13.2 Å². The first-order valence-electron chi connectivity index (χ1n) is 11.0. The molecule has 0 aliphatic carbocycles. The standard InChI is InChI=1S/C25H27FN4O3/c1-17-15-23(31)24(28-30(17)21-8-4-3-7-20(21)26)25(32)27-16-22(29-13-5-6-14-29)18-9-11-19(33-2)12-10-18/h3-4,7-12,15,22H,5-6,13-14,16H2,1-2H3,(H,27,32)/t22-/m1/s1. The Labute approximate surface area is 191 Å². The van der Waals surface area contributed by atoms with Crippen molar-refractivity contribution in [3.05, 3.63) is 87.6 Å². The van der Waals surface area contributed by atoms with Gasteiger partial charge in [-0.2, -0.15) is 5.10 Å². The molecule has 2 heterocycles. The summed E-state index contributed by atoms with van der Waals surface area (Å²) in [5.41, 5.74) is 0.907. The third-order valence-corrected chi connectivity index (χ3v) is 5.94. The van der Waals surface area contributed by atoms with E-state index in [9.17, 15) is 14.0 Å². The lowest BCUT2D eigenvalue weighted by molar-refractivity contribution is 0.0930. The molecule has 8 heteroatoms. The van der Waals surface area contributed by atoms with Crippen LogP contribution in [0.2, 0.25) is 0 Å². The van der Waals surface area contributed by atoms with Crippen LogP contribution in [0.25, 0.3) is 5.69 Å². The van der Waals surface area contributed by atoms with E-state index in [1.54, 1.807) is 32.2 Å². The molecule has 0 saturated carbocycles. The molecule has 2 aromatic carbocycles. The Morgan fingerprint density at radius 2 is 1.85 bits per heavy atom. The zero-order valence-electron chi connectivity index (χ0n) is 18.8. The number of ether oxygens (including phenoxy) is 1. The predicted octanol–water partition coefficient (Wildman–Crippen LogP) is 3.26. The Balaban J connectivity index is 1.58. The number of nitrogens with one attached hydrogen (secondary N) is 1. The van der Waals surface area contributed by atoms with Crippen molar-refractivity contribution < 1.29 is 13.9 Å². The minimum atomic E-state index is -0.581. The molecule has 33 heavy (non-hydrogen) atoms. The quantitative estimate of drug-likeness (QED) is 0.598. The molecule has 0 bridgehead atoms. The fraction of sp³-hybridized carbons (Fsp3) is 0.320. The van der Waals surface area contributed by atoms with Gasteiger partial charge in [-0.05, 0) is 62.7 Å². The second kappa shape index (κ2) is 9.95. The molecule has 1 aliphatic heterocycles. The van der Waals surface area contributed by atoms with Crippen molar-refractivity contribution in [1.29, 1.82) is 0 Å². The second-order valence-corrected chi connectivity index (χ2v) is 8.10. The van der Waals surface area contributed by atoms with Gasteiger partial charge in [0, 0.05) is 18.3 Å². The number of carbonyl (C=O) groups is 1. The minimum absolute atomic E-state index is 0.0402. The maximum Gasteiger partial charge on any atom is 0.275 e. The van der Waals surface area contributed by atoms with E-state index < -0.39 is 17.2 Å². The lowest BCUT2D eigenvalue weighted by Crippen LogP contribution is -2.39. The second-order valence-electron chi connectivity index (χ2n) is 8.10. The van der Waals surface area contributed by atoms with Gasteiger partial charge < -0.3 is 10.1 Å². The number of halogens is 1. The fourth-order valence-corrected chi connectivity index (χ4v) is 4.18. The van der Waals surface area contributed by atoms with Gasteiger partial charge in [0.15, 0.2) is 5.69 Å². The highest BCUT2D eigenvalue weighted by Gasteiger charge is 2.25. The number of hydrogen-bond donors (Lipinski definition) is 1. The molecule has 1 N–H and O–H groups in total. The van der Waals surface area contributed by atoms with Gasteiger partial charge >= 0.3 is 0 Å². The molecule has 172 valence electrons. The van der Waals surface area contributed by atoms with E-state index in [1.165, 1.54) is 16.8 Å². The Morgan fingerprint density at radius 3 is 2.52 bits per heavy atom. The average Bonchev–Trinajstić information content (AvgIpc) is 3.35. The molecule has 0 radical (unpaired) electrons. The summed E-state index contributed by atoms with van der Waals surface area (Å²) < 4.78 is 20.8. The van der Waals surface area contributed by atoms with Gasteiger partial charge in [0.1, 0.15) is 17.3 Å². The van der Waals surface area contributed by atoms with Gasteiger partial charge in [-0.3, -0.25) is 14.5 Å². The van der Waals surface area contributed by atoms with E-state index in [-0.39, 0.29) is 17.4 Å². The Kier molecular flexibility index (Phi) is 6.84. The van der Waals surface area contributed by atoms with Crippen molar-refractivity contribution in [2.45, 2.75) is 25.8 Å². The number of amides is 1. The highest BCUT2D eigenvalue weighted by Crippen LogP contribution is 2.26. The molecule has 0 spiro atoms. The fourth-order valence-electron chi connectivity index (χ4n) is 4.18. The van der Waals surface area contributed by atoms with Crippen LogP contribution in [0.5, 0.6) is 5.75 Å². The molecule has 7 nitrogen and oxygen atoms in total. The molecular weight excluding hydrogens is 423 g/mol. The molecule has 1 atom stereocenters. The molecule has 1 saturated heterocycles. The number of nitrogens with zero attached hydrogens (tertiary/aromatic N) is 3. The first-order valence-corrected chi connectivity index (χ1v) is 11.0. The lowest BCUT2D eigenvalue weighted by Gasteiger charge is -2.28. The van der Waals surface area contributed by atoms with Crippen LogP contribution < -0.4 is 15.5 Å². The van der Waals surface area contributed by atoms with Gasteiger partial charge in [-0.1, -0.05) is 24.3 Å². The molecule has 4 rings (SSSR count). The summed E-state index contributed by atoms with van der Waals surface area (Å²) in [6.07, 6.45) is 2.21. The van der Waals surface area contributed by atoms with E-state index in [4.69, 9.17) is 4.74 Å². The highest BCUT2D eigenvalue weighted by atomic mass is 19.1. The first-order chi connectivity index (χ1) is 16.0. The van der Waals surface area contributed by atoms with E-state index in [1.807, 2.05) is 24.3 Å². The number of benzene rings is 2. The van der Waals surface area contributed by atoms with Crippen molar-refractivity contribution >= 4 is 5.91 Å². The summed E-state index contributed by atoms with van der Waals surface area (Å²) in [5, 5.41) is 7.07. The summed E-state index contributed by atoms with van der Waals surface area (Å²) in [4.78, 5) is 27.8. The number of hydrogen-bond acceptors (Lipinski definition) is 5. The van der Waals surface area contributed by atoms with Crippen LogP contribution in [-0.4, -0.2) is 47.3 Å². The van der Waals surface area contributed by atoms with Crippen LogP contribution in [0.3, 0.4) is 0 Å². The maximum atomic E-state index is 14.3. The van der Waals surface area contributed by atoms with Crippen molar-refractivity contribution in [1.82, 2.24) is 20.0 Å². The van der Waals surface area contributed by atoms with Crippen LogP contribution in [-0.2, 0) is 0 Å². The number of likely N-dealkylation sites (tertiary alicyclic amines) is 1. The number of para-hydroxylation sites is 1. The van der Waals surface area contributed by atoms with E-state index in [2.05, 4.69) is 15.3 Å². The summed E-state index contributed by atoms with van der Waals surface area (Å²) in [7, 11) is 1.62. The van der Waals surface area contributed by atoms with E-state index >= 15 is 0 Å². The SMILES string of the molecule is COc1ccc([C@@H](CNC(=O)c2nn(-c3ccccc3F)c(C)cc2=O)N2CCCC2)cc1. The van der Waals surface area contributed by atoms with Crippen LogP contribution in [0.4, 0.5) is 4.39 Å². The smallest absolute Gasteiger partial charge is 0.275 e. The molecular formula is C25H27FN4O3. The lowest BCUT2D eigenvalue weighted by atomic mass is 10.1. The van der Waals surface area contributed by atoms with Crippen LogP contribution in [0.1, 0.15) is 40.6 Å². The summed E-state index contributed by atoms with van der Waals surface area (Å²) >= 11 is 0. The molecule has 1 aromatic heterocycles. The topological polar surface area (TPSA) is 76.5 Å². The van der Waals surface area contributed by atoms with Gasteiger partial charge in [0.2, 0.25) is 5.43 Å². The van der Waals surface area contributed by atoms with Crippen molar-refractivity contribution in [2.24, 2.45) is 0 Å². The Bertz CT molecular complexity index is 1190. The molecule has 1 amide bonds. The monoisotopic (exact) mass is 450 g/mol. The number of methoxy groups -OCH3 is 1. The minimum Gasteiger partial charge on any atom is -0.497 e. The van der Waals surface area contributed by atoms with Crippen molar-refractivity contribution in [3.8, 4) is 11.4 Å².